The summed E-state index contributed by atoms with van der Waals surface area (Å²) in [6.45, 7) is 2.29. The molecular weight excluding hydrogens is 392 g/mol. The van der Waals surface area contributed by atoms with E-state index in [-0.39, 0.29) is 17.2 Å². The lowest BCUT2D eigenvalue weighted by molar-refractivity contribution is -0.140. The van der Waals surface area contributed by atoms with Crippen molar-refractivity contribution < 1.29 is 9.59 Å². The summed E-state index contributed by atoms with van der Waals surface area (Å²) < 4.78 is 0.961. The predicted molar refractivity (Wildman–Crippen MR) is 105 cm³/mol. The Labute approximate surface area is 162 Å². The highest BCUT2D eigenvalue weighted by Crippen LogP contribution is 2.60. The highest BCUT2D eigenvalue weighted by Gasteiger charge is 2.54. The summed E-state index contributed by atoms with van der Waals surface area (Å²) in [6, 6.07) is 4.02. The van der Waals surface area contributed by atoms with Crippen molar-refractivity contribution in [3.05, 3.63) is 22.2 Å². The molecule has 1 aromatic carbocycles. The number of fused-ring (bicyclic) bond motifs is 1. The zero-order chi connectivity index (χ0) is 18.1. The van der Waals surface area contributed by atoms with Crippen molar-refractivity contribution in [2.24, 2.45) is 23.2 Å². The van der Waals surface area contributed by atoms with Gasteiger partial charge in [0.15, 0.2) is 0 Å². The minimum atomic E-state index is -0.177. The van der Waals surface area contributed by atoms with Gasteiger partial charge >= 0.3 is 0 Å². The lowest BCUT2D eigenvalue weighted by atomic mass is 9.49. The number of halogens is 1. The average Bonchev–Trinajstić information content (AvgIpc) is 2.97. The third-order valence-electron chi connectivity index (χ3n) is 7.18. The van der Waals surface area contributed by atoms with Gasteiger partial charge < -0.3 is 10.2 Å². The first-order valence-corrected chi connectivity index (χ1v) is 10.6. The Kier molecular flexibility index (Phi) is 3.76. The van der Waals surface area contributed by atoms with Crippen LogP contribution < -0.4 is 10.2 Å². The molecule has 1 N–H and O–H groups in total. The number of hydrogen-bond acceptors (Lipinski definition) is 2. The number of benzene rings is 1. The topological polar surface area (TPSA) is 49.4 Å². The minimum absolute atomic E-state index is 0.0383. The Morgan fingerprint density at radius 3 is 2.31 bits per heavy atom. The Morgan fingerprint density at radius 1 is 1.12 bits per heavy atom. The van der Waals surface area contributed by atoms with Gasteiger partial charge in [0, 0.05) is 17.9 Å². The quantitative estimate of drug-likeness (QED) is 0.770. The van der Waals surface area contributed by atoms with Gasteiger partial charge in [-0.2, -0.15) is 0 Å². The maximum absolute atomic E-state index is 13.4. The van der Waals surface area contributed by atoms with E-state index in [1.54, 1.807) is 11.8 Å². The standard InChI is InChI=1S/C21H25BrN2O2/c1-12(25)24-3-2-16-7-17(22)8-18(19(16)24)23-20(26)21-9-13-4-14(10-21)6-15(5-13)11-21/h7-8,13-15H,2-6,9-11H2,1H3,(H,23,26). The van der Waals surface area contributed by atoms with Gasteiger partial charge in [-0.3, -0.25) is 9.59 Å². The highest BCUT2D eigenvalue weighted by atomic mass is 79.9. The van der Waals surface area contributed by atoms with E-state index < -0.39 is 0 Å². The van der Waals surface area contributed by atoms with Crippen LogP contribution in [-0.2, 0) is 16.0 Å². The van der Waals surface area contributed by atoms with E-state index in [4.69, 9.17) is 0 Å². The van der Waals surface area contributed by atoms with Crippen molar-refractivity contribution in [1.82, 2.24) is 0 Å². The van der Waals surface area contributed by atoms with E-state index in [1.165, 1.54) is 19.3 Å². The summed E-state index contributed by atoms with van der Waals surface area (Å²) >= 11 is 3.57. The van der Waals surface area contributed by atoms with Crippen LogP contribution in [-0.4, -0.2) is 18.4 Å². The van der Waals surface area contributed by atoms with Crippen molar-refractivity contribution in [2.45, 2.75) is 51.9 Å². The largest absolute Gasteiger partial charge is 0.324 e. The molecule has 6 rings (SSSR count). The minimum Gasteiger partial charge on any atom is -0.324 e. The number of nitrogens with one attached hydrogen (secondary N) is 1. The van der Waals surface area contributed by atoms with Gasteiger partial charge in [0.25, 0.3) is 0 Å². The molecule has 5 heteroatoms. The molecule has 0 radical (unpaired) electrons. The van der Waals surface area contributed by atoms with Crippen molar-refractivity contribution >= 4 is 39.1 Å². The molecule has 0 spiro atoms. The molecule has 4 saturated carbocycles. The Hall–Kier alpha value is -1.36. The predicted octanol–water partition coefficient (Wildman–Crippen LogP) is 4.51. The van der Waals surface area contributed by atoms with Gasteiger partial charge in [-0.25, -0.2) is 0 Å². The zero-order valence-electron chi connectivity index (χ0n) is 15.2. The van der Waals surface area contributed by atoms with Crippen LogP contribution in [0, 0.1) is 23.2 Å². The van der Waals surface area contributed by atoms with Crippen molar-refractivity contribution in [2.75, 3.05) is 16.8 Å². The second kappa shape index (κ2) is 5.82. The monoisotopic (exact) mass is 416 g/mol. The van der Waals surface area contributed by atoms with Gasteiger partial charge in [-0.1, -0.05) is 15.9 Å². The van der Waals surface area contributed by atoms with Crippen LogP contribution in [0.15, 0.2) is 16.6 Å². The maximum Gasteiger partial charge on any atom is 0.230 e. The molecule has 1 aliphatic heterocycles. The van der Waals surface area contributed by atoms with Gasteiger partial charge in [0.2, 0.25) is 11.8 Å². The summed E-state index contributed by atoms with van der Waals surface area (Å²) in [5.74, 6) is 2.46. The first kappa shape index (κ1) is 16.8. The molecule has 0 aromatic heterocycles. The number of amides is 2. The highest BCUT2D eigenvalue weighted by molar-refractivity contribution is 9.10. The van der Waals surface area contributed by atoms with Gasteiger partial charge in [-0.15, -0.1) is 0 Å². The number of nitrogens with zero attached hydrogens (tertiary/aromatic N) is 1. The summed E-state index contributed by atoms with van der Waals surface area (Å²) in [7, 11) is 0. The number of hydrogen-bond donors (Lipinski definition) is 1. The molecule has 0 atom stereocenters. The first-order chi connectivity index (χ1) is 12.4. The molecule has 138 valence electrons. The van der Waals surface area contributed by atoms with Crippen LogP contribution in [0.1, 0.15) is 51.0 Å². The Morgan fingerprint density at radius 2 is 1.73 bits per heavy atom. The van der Waals surface area contributed by atoms with Crippen LogP contribution in [0.2, 0.25) is 0 Å². The summed E-state index contributed by atoms with van der Waals surface area (Å²) in [4.78, 5) is 27.3. The third kappa shape index (κ3) is 2.54. The summed E-state index contributed by atoms with van der Waals surface area (Å²) in [5, 5.41) is 3.26. The lowest BCUT2D eigenvalue weighted by Gasteiger charge is -2.55. The molecule has 1 aromatic rings. The fraction of sp³-hybridized carbons (Fsp3) is 0.619. The van der Waals surface area contributed by atoms with Gasteiger partial charge in [0.1, 0.15) is 0 Å². The van der Waals surface area contributed by atoms with Crippen LogP contribution in [0.4, 0.5) is 11.4 Å². The summed E-state index contributed by atoms with van der Waals surface area (Å²) in [5.41, 5.74) is 2.65. The van der Waals surface area contributed by atoms with Gasteiger partial charge in [0.05, 0.1) is 16.8 Å². The van der Waals surface area contributed by atoms with Gasteiger partial charge in [-0.05, 0) is 80.4 Å². The molecule has 4 bridgehead atoms. The molecule has 5 aliphatic rings. The van der Waals surface area contributed by atoms with E-state index >= 15 is 0 Å². The SMILES string of the molecule is CC(=O)N1CCc2cc(Br)cc(NC(=O)C34CC5CC(CC(C5)C3)C4)c21. The summed E-state index contributed by atoms with van der Waals surface area (Å²) in [6.07, 6.45) is 7.99. The molecule has 1 heterocycles. The normalized spacial score (nSPS) is 34.1. The molecule has 4 fully saturated rings. The zero-order valence-corrected chi connectivity index (χ0v) is 16.8. The Bertz CT molecular complexity index is 768. The smallest absolute Gasteiger partial charge is 0.230 e. The number of anilines is 2. The van der Waals surface area contributed by atoms with Crippen LogP contribution in [0.5, 0.6) is 0 Å². The molecule has 2 amide bonds. The van der Waals surface area contributed by atoms with E-state index in [2.05, 4.69) is 27.3 Å². The average molecular weight is 417 g/mol. The third-order valence-corrected chi connectivity index (χ3v) is 7.63. The molecule has 0 saturated heterocycles. The number of rotatable bonds is 2. The van der Waals surface area contributed by atoms with Crippen molar-refractivity contribution in [3.8, 4) is 0 Å². The van der Waals surface area contributed by atoms with Crippen LogP contribution in [0.25, 0.3) is 0 Å². The molecule has 4 nitrogen and oxygen atoms in total. The van der Waals surface area contributed by atoms with E-state index in [9.17, 15) is 9.59 Å². The maximum atomic E-state index is 13.4. The molecule has 0 unspecified atom stereocenters. The van der Waals surface area contributed by atoms with Crippen LogP contribution in [0.3, 0.4) is 0 Å². The van der Waals surface area contributed by atoms with E-state index in [0.29, 0.717) is 6.54 Å². The van der Waals surface area contributed by atoms with Crippen molar-refractivity contribution in [3.63, 3.8) is 0 Å². The van der Waals surface area contributed by atoms with Crippen molar-refractivity contribution in [1.29, 1.82) is 0 Å². The molecule has 26 heavy (non-hydrogen) atoms. The second-order valence-electron chi connectivity index (χ2n) is 9.03. The second-order valence-corrected chi connectivity index (χ2v) is 9.95. The molecular formula is C21H25BrN2O2. The fourth-order valence-electron chi connectivity index (χ4n) is 6.56. The lowest BCUT2D eigenvalue weighted by Crippen LogP contribution is -2.51. The van der Waals surface area contributed by atoms with E-state index in [1.807, 2.05) is 6.07 Å². The Balaban J connectivity index is 1.47. The number of carbonyl (C=O) groups excluding carboxylic acids is 2. The molecule has 4 aliphatic carbocycles. The van der Waals surface area contributed by atoms with E-state index in [0.717, 1.165) is 64.8 Å². The first-order valence-electron chi connectivity index (χ1n) is 9.85. The number of carbonyl (C=O) groups is 2. The fourth-order valence-corrected chi connectivity index (χ4v) is 7.07. The van der Waals surface area contributed by atoms with Crippen LogP contribution >= 0.6 is 15.9 Å².